The number of hydrogen-bond acceptors (Lipinski definition) is 5. The predicted octanol–water partition coefficient (Wildman–Crippen LogP) is 5.57. The highest BCUT2D eigenvalue weighted by atomic mass is 35.5. The molecule has 1 aromatic heterocycles. The number of esters is 1. The van der Waals surface area contributed by atoms with Crippen LogP contribution in [0.5, 0.6) is 5.75 Å². The lowest BCUT2D eigenvalue weighted by atomic mass is 10.2. The maximum Gasteiger partial charge on any atom is 0.311 e. The van der Waals surface area contributed by atoms with Crippen molar-refractivity contribution >= 4 is 28.9 Å². The van der Waals surface area contributed by atoms with Gasteiger partial charge in [0.25, 0.3) is 0 Å². The van der Waals surface area contributed by atoms with Crippen molar-refractivity contribution in [2.75, 3.05) is 6.61 Å². The SMILES string of the molecule is CCOC(=O)Cc1csc(-c2cc(Cl)ccc2OCc2c(F)cc(F)cc2F)n1. The Morgan fingerprint density at radius 1 is 1.17 bits per heavy atom. The van der Waals surface area contributed by atoms with Crippen LogP contribution in [-0.4, -0.2) is 17.6 Å². The van der Waals surface area contributed by atoms with Crippen molar-refractivity contribution in [3.63, 3.8) is 0 Å². The van der Waals surface area contributed by atoms with Crippen LogP contribution >= 0.6 is 22.9 Å². The lowest BCUT2D eigenvalue weighted by molar-refractivity contribution is -0.142. The summed E-state index contributed by atoms with van der Waals surface area (Å²) in [5.41, 5.74) is 0.625. The Labute approximate surface area is 173 Å². The van der Waals surface area contributed by atoms with Crippen molar-refractivity contribution in [3.8, 4) is 16.3 Å². The standard InChI is InChI=1S/C20H15ClF3NO3S/c1-2-27-19(26)8-13-10-29-20(25-13)14-5-11(21)3-4-18(14)28-9-15-16(23)6-12(22)7-17(15)24/h3-7,10H,2,8-9H2,1H3. The third-order valence-electron chi connectivity index (χ3n) is 3.83. The molecule has 0 spiro atoms. The van der Waals surface area contributed by atoms with E-state index >= 15 is 0 Å². The van der Waals surface area contributed by atoms with E-state index < -0.39 is 35.6 Å². The summed E-state index contributed by atoms with van der Waals surface area (Å²) in [6.45, 7) is 1.54. The molecule has 1 heterocycles. The fourth-order valence-electron chi connectivity index (χ4n) is 2.53. The molecule has 152 valence electrons. The second-order valence-electron chi connectivity index (χ2n) is 5.90. The summed E-state index contributed by atoms with van der Waals surface area (Å²) < 4.78 is 51.3. The van der Waals surface area contributed by atoms with Crippen LogP contribution in [0.15, 0.2) is 35.7 Å². The van der Waals surface area contributed by atoms with Crippen molar-refractivity contribution < 1.29 is 27.4 Å². The molecule has 0 saturated heterocycles. The van der Waals surface area contributed by atoms with Crippen molar-refractivity contribution in [2.24, 2.45) is 0 Å². The topological polar surface area (TPSA) is 48.4 Å². The van der Waals surface area contributed by atoms with E-state index in [2.05, 4.69) is 4.98 Å². The van der Waals surface area contributed by atoms with Crippen molar-refractivity contribution in [3.05, 3.63) is 69.4 Å². The van der Waals surface area contributed by atoms with Crippen molar-refractivity contribution in [1.29, 1.82) is 0 Å². The van der Waals surface area contributed by atoms with Gasteiger partial charge in [-0.3, -0.25) is 4.79 Å². The van der Waals surface area contributed by atoms with Crippen LogP contribution in [-0.2, 0) is 22.6 Å². The zero-order chi connectivity index (χ0) is 21.0. The summed E-state index contributed by atoms with van der Waals surface area (Å²) in [6.07, 6.45) is 0.0209. The molecule has 0 radical (unpaired) electrons. The molecule has 3 rings (SSSR count). The molecule has 0 aliphatic carbocycles. The first kappa shape index (κ1) is 21.1. The highest BCUT2D eigenvalue weighted by Gasteiger charge is 2.16. The van der Waals surface area contributed by atoms with Crippen LogP contribution in [0, 0.1) is 17.5 Å². The first-order valence-corrected chi connectivity index (χ1v) is 9.79. The van der Waals surface area contributed by atoms with Gasteiger partial charge in [-0.15, -0.1) is 11.3 Å². The largest absolute Gasteiger partial charge is 0.488 e. The number of ether oxygens (including phenoxy) is 2. The van der Waals surface area contributed by atoms with Crippen LogP contribution in [0.1, 0.15) is 18.2 Å². The fraction of sp³-hybridized carbons (Fsp3) is 0.200. The smallest absolute Gasteiger partial charge is 0.311 e. The molecule has 0 aliphatic rings. The number of carbonyl (C=O) groups is 1. The quantitative estimate of drug-likeness (QED) is 0.450. The Kier molecular flexibility index (Phi) is 6.76. The second kappa shape index (κ2) is 9.28. The number of aromatic nitrogens is 1. The van der Waals surface area contributed by atoms with E-state index in [0.29, 0.717) is 33.4 Å². The van der Waals surface area contributed by atoms with Gasteiger partial charge in [0.15, 0.2) is 0 Å². The van der Waals surface area contributed by atoms with Gasteiger partial charge in [-0.2, -0.15) is 0 Å². The lowest BCUT2D eigenvalue weighted by Crippen LogP contribution is -2.07. The molecule has 0 aliphatic heterocycles. The Balaban J connectivity index is 1.84. The maximum atomic E-state index is 13.9. The first-order valence-electron chi connectivity index (χ1n) is 8.53. The second-order valence-corrected chi connectivity index (χ2v) is 7.20. The Morgan fingerprint density at radius 2 is 1.90 bits per heavy atom. The molecule has 29 heavy (non-hydrogen) atoms. The molecule has 0 amide bonds. The van der Waals surface area contributed by atoms with Crippen molar-refractivity contribution in [1.82, 2.24) is 4.98 Å². The average Bonchev–Trinajstić information content (AvgIpc) is 3.10. The van der Waals surface area contributed by atoms with E-state index in [1.54, 1.807) is 30.5 Å². The van der Waals surface area contributed by atoms with Gasteiger partial charge in [0, 0.05) is 22.5 Å². The van der Waals surface area contributed by atoms with Gasteiger partial charge in [0.05, 0.1) is 29.8 Å². The van der Waals surface area contributed by atoms with Gasteiger partial charge in [0.2, 0.25) is 0 Å². The van der Waals surface area contributed by atoms with Gasteiger partial charge in [0.1, 0.15) is 34.8 Å². The molecular formula is C20H15ClF3NO3S. The Hall–Kier alpha value is -2.58. The van der Waals surface area contributed by atoms with Gasteiger partial charge in [-0.25, -0.2) is 18.2 Å². The third kappa shape index (κ3) is 5.27. The van der Waals surface area contributed by atoms with Crippen LogP contribution in [0.2, 0.25) is 5.02 Å². The zero-order valence-electron chi connectivity index (χ0n) is 15.2. The molecule has 0 atom stereocenters. The number of carbonyl (C=O) groups excluding carboxylic acids is 1. The summed E-state index contributed by atoms with van der Waals surface area (Å²) in [7, 11) is 0. The van der Waals surface area contributed by atoms with Gasteiger partial charge in [-0.05, 0) is 25.1 Å². The minimum absolute atomic E-state index is 0.0209. The molecule has 0 N–H and O–H groups in total. The van der Waals surface area contributed by atoms with Gasteiger partial charge >= 0.3 is 5.97 Å². The average molecular weight is 442 g/mol. The number of benzene rings is 2. The van der Waals surface area contributed by atoms with E-state index in [1.165, 1.54) is 11.3 Å². The first-order chi connectivity index (χ1) is 13.9. The van der Waals surface area contributed by atoms with E-state index in [0.717, 1.165) is 0 Å². The molecular weight excluding hydrogens is 427 g/mol. The van der Waals surface area contributed by atoms with E-state index in [-0.39, 0.29) is 18.8 Å². The minimum atomic E-state index is -1.04. The molecule has 4 nitrogen and oxygen atoms in total. The third-order valence-corrected chi connectivity index (χ3v) is 4.99. The molecule has 0 unspecified atom stereocenters. The highest BCUT2D eigenvalue weighted by Crippen LogP contribution is 2.35. The number of halogens is 4. The van der Waals surface area contributed by atoms with E-state index in [9.17, 15) is 18.0 Å². The van der Waals surface area contributed by atoms with Gasteiger partial charge in [-0.1, -0.05) is 11.6 Å². The molecule has 9 heteroatoms. The van der Waals surface area contributed by atoms with Crippen LogP contribution < -0.4 is 4.74 Å². The van der Waals surface area contributed by atoms with Crippen molar-refractivity contribution in [2.45, 2.75) is 20.0 Å². The fourth-order valence-corrected chi connectivity index (χ4v) is 3.54. The number of nitrogens with zero attached hydrogens (tertiary/aromatic N) is 1. The summed E-state index contributed by atoms with van der Waals surface area (Å²) in [6, 6.07) is 5.88. The normalized spacial score (nSPS) is 10.8. The van der Waals surface area contributed by atoms with Crippen LogP contribution in [0.25, 0.3) is 10.6 Å². The summed E-state index contributed by atoms with van der Waals surface area (Å²) in [4.78, 5) is 16.0. The predicted molar refractivity (Wildman–Crippen MR) is 104 cm³/mol. The number of thiazole rings is 1. The zero-order valence-corrected chi connectivity index (χ0v) is 16.7. The molecule has 3 aromatic rings. The summed E-state index contributed by atoms with van der Waals surface area (Å²) in [5, 5.41) is 2.63. The monoisotopic (exact) mass is 441 g/mol. The summed E-state index contributed by atoms with van der Waals surface area (Å²) >= 11 is 7.33. The lowest BCUT2D eigenvalue weighted by Gasteiger charge is -2.12. The highest BCUT2D eigenvalue weighted by molar-refractivity contribution is 7.13. The van der Waals surface area contributed by atoms with Crippen LogP contribution in [0.3, 0.4) is 0 Å². The Morgan fingerprint density at radius 3 is 2.59 bits per heavy atom. The maximum absolute atomic E-state index is 13.9. The molecule has 0 saturated carbocycles. The molecule has 0 bridgehead atoms. The number of rotatable bonds is 7. The van der Waals surface area contributed by atoms with E-state index in [1.807, 2.05) is 0 Å². The number of hydrogen-bond donors (Lipinski definition) is 0. The molecule has 2 aromatic carbocycles. The summed E-state index contributed by atoms with van der Waals surface area (Å²) in [5.74, 6) is -3.19. The van der Waals surface area contributed by atoms with E-state index in [4.69, 9.17) is 21.1 Å². The Bertz CT molecular complexity index is 1020. The minimum Gasteiger partial charge on any atom is -0.488 e. The van der Waals surface area contributed by atoms with Gasteiger partial charge < -0.3 is 9.47 Å². The van der Waals surface area contributed by atoms with Crippen LogP contribution in [0.4, 0.5) is 13.2 Å². The molecule has 0 fully saturated rings.